The normalized spacial score (nSPS) is 19.9. The summed E-state index contributed by atoms with van der Waals surface area (Å²) in [6.07, 6.45) is 3.67. The largest absolute Gasteiger partial charge is 0.370 e. The molecule has 1 atom stereocenters. The Balaban J connectivity index is 2.03. The molecule has 0 radical (unpaired) electrons. The van der Waals surface area contributed by atoms with Gasteiger partial charge in [-0.25, -0.2) is 0 Å². The molecule has 2 rings (SSSR count). The molecule has 0 spiro atoms. The molecule has 1 unspecified atom stereocenters. The van der Waals surface area contributed by atoms with E-state index < -0.39 is 0 Å². The van der Waals surface area contributed by atoms with Gasteiger partial charge in [0.05, 0.1) is 0 Å². The third-order valence-corrected chi connectivity index (χ3v) is 3.48. The molecule has 0 aliphatic heterocycles. The van der Waals surface area contributed by atoms with Crippen molar-refractivity contribution in [3.05, 3.63) is 35.4 Å². The number of aliphatic imine (C=N–C) groups is 1. The Morgan fingerprint density at radius 3 is 2.84 bits per heavy atom. The summed E-state index contributed by atoms with van der Waals surface area (Å²) < 4.78 is 0. The number of aryl methyl sites for hydroxylation is 1. The molecule has 3 nitrogen and oxygen atoms in total. The number of nitrogens with two attached hydrogens (primary N) is 1. The van der Waals surface area contributed by atoms with Crippen LogP contribution in [0.15, 0.2) is 29.3 Å². The molecule has 0 bridgehead atoms. The zero-order valence-corrected chi connectivity index (χ0v) is 12.2. The maximum Gasteiger partial charge on any atom is 0.189 e. The van der Waals surface area contributed by atoms with E-state index in [0.717, 1.165) is 6.54 Å². The standard InChI is InChI=1S/C16H25N3/c1-16(2,3)19-15(17)18-11-13-9-6-8-12-7-4-5-10-14(12)13/h4-5,7,10,13H,6,8-9,11H2,1-3H3,(H3,17,18,19). The molecule has 1 aliphatic carbocycles. The van der Waals surface area contributed by atoms with Gasteiger partial charge in [-0.15, -0.1) is 0 Å². The van der Waals surface area contributed by atoms with Crippen LogP contribution in [0.3, 0.4) is 0 Å². The molecule has 1 aromatic carbocycles. The lowest BCUT2D eigenvalue weighted by atomic mass is 9.83. The average molecular weight is 259 g/mol. The van der Waals surface area contributed by atoms with Crippen LogP contribution < -0.4 is 11.1 Å². The molecule has 1 aromatic rings. The molecule has 0 saturated carbocycles. The molecule has 0 aromatic heterocycles. The summed E-state index contributed by atoms with van der Waals surface area (Å²) in [7, 11) is 0. The van der Waals surface area contributed by atoms with Gasteiger partial charge in [-0.1, -0.05) is 24.3 Å². The van der Waals surface area contributed by atoms with Gasteiger partial charge in [-0.3, -0.25) is 4.99 Å². The van der Waals surface area contributed by atoms with Gasteiger partial charge < -0.3 is 11.1 Å². The van der Waals surface area contributed by atoms with Crippen LogP contribution in [-0.4, -0.2) is 18.0 Å². The smallest absolute Gasteiger partial charge is 0.189 e. The van der Waals surface area contributed by atoms with Crippen LogP contribution in [0.2, 0.25) is 0 Å². The number of fused-ring (bicyclic) bond motifs is 1. The van der Waals surface area contributed by atoms with E-state index in [1.54, 1.807) is 0 Å². The highest BCUT2D eigenvalue weighted by atomic mass is 15.1. The van der Waals surface area contributed by atoms with Crippen LogP contribution in [-0.2, 0) is 6.42 Å². The first-order valence-electron chi connectivity index (χ1n) is 7.11. The second-order valence-corrected chi connectivity index (χ2v) is 6.39. The van der Waals surface area contributed by atoms with Crippen molar-refractivity contribution in [3.8, 4) is 0 Å². The van der Waals surface area contributed by atoms with Crippen molar-refractivity contribution >= 4 is 5.96 Å². The summed E-state index contributed by atoms with van der Waals surface area (Å²) in [5, 5.41) is 3.21. The predicted octanol–water partition coefficient (Wildman–Crippen LogP) is 2.81. The zero-order valence-electron chi connectivity index (χ0n) is 12.2. The quantitative estimate of drug-likeness (QED) is 0.634. The second kappa shape index (κ2) is 5.64. The Bertz CT molecular complexity index is 457. The van der Waals surface area contributed by atoms with E-state index >= 15 is 0 Å². The number of nitrogens with zero attached hydrogens (tertiary/aromatic N) is 1. The Kier molecular flexibility index (Phi) is 4.13. The lowest BCUT2D eigenvalue weighted by Crippen LogP contribution is -2.45. The minimum atomic E-state index is -0.0297. The van der Waals surface area contributed by atoms with Gasteiger partial charge in [-0.2, -0.15) is 0 Å². The number of nitrogens with one attached hydrogen (secondary N) is 1. The molecule has 3 heteroatoms. The zero-order chi connectivity index (χ0) is 13.9. The number of hydrogen-bond acceptors (Lipinski definition) is 1. The summed E-state index contributed by atoms with van der Waals surface area (Å²) in [6.45, 7) is 7.05. The topological polar surface area (TPSA) is 50.4 Å². The first-order valence-corrected chi connectivity index (χ1v) is 7.11. The van der Waals surface area contributed by atoms with E-state index in [4.69, 9.17) is 5.73 Å². The van der Waals surface area contributed by atoms with Crippen LogP contribution in [0.5, 0.6) is 0 Å². The Labute approximate surface area is 116 Å². The molecule has 0 fully saturated rings. The van der Waals surface area contributed by atoms with Gasteiger partial charge in [0.1, 0.15) is 0 Å². The maximum absolute atomic E-state index is 5.94. The molecule has 1 aliphatic rings. The Morgan fingerprint density at radius 2 is 2.11 bits per heavy atom. The van der Waals surface area contributed by atoms with E-state index in [9.17, 15) is 0 Å². The molecule has 0 heterocycles. The van der Waals surface area contributed by atoms with Crippen LogP contribution in [0.1, 0.15) is 50.7 Å². The van der Waals surface area contributed by atoms with Gasteiger partial charge in [0.15, 0.2) is 5.96 Å². The van der Waals surface area contributed by atoms with E-state index in [1.807, 2.05) is 0 Å². The van der Waals surface area contributed by atoms with Crippen molar-refractivity contribution in [2.75, 3.05) is 6.54 Å². The van der Waals surface area contributed by atoms with Gasteiger partial charge >= 0.3 is 0 Å². The lowest BCUT2D eigenvalue weighted by Gasteiger charge is -2.25. The molecule has 19 heavy (non-hydrogen) atoms. The summed E-state index contributed by atoms with van der Waals surface area (Å²) >= 11 is 0. The van der Waals surface area contributed by atoms with Gasteiger partial charge in [0.25, 0.3) is 0 Å². The van der Waals surface area contributed by atoms with Gasteiger partial charge in [-0.05, 0) is 51.2 Å². The average Bonchev–Trinajstić information content (AvgIpc) is 2.34. The molecule has 104 valence electrons. The lowest BCUT2D eigenvalue weighted by molar-refractivity contribution is 0.505. The number of guanidine groups is 1. The third kappa shape index (κ3) is 3.98. The fraction of sp³-hybridized carbons (Fsp3) is 0.562. The van der Waals surface area contributed by atoms with Gasteiger partial charge in [0.2, 0.25) is 0 Å². The van der Waals surface area contributed by atoms with Crippen molar-refractivity contribution in [1.29, 1.82) is 0 Å². The van der Waals surface area contributed by atoms with Gasteiger partial charge in [0, 0.05) is 18.0 Å². The van der Waals surface area contributed by atoms with Crippen LogP contribution in [0, 0.1) is 0 Å². The van der Waals surface area contributed by atoms with Crippen molar-refractivity contribution in [2.24, 2.45) is 10.7 Å². The van der Waals surface area contributed by atoms with Crippen molar-refractivity contribution in [3.63, 3.8) is 0 Å². The van der Waals surface area contributed by atoms with E-state index in [0.29, 0.717) is 11.9 Å². The van der Waals surface area contributed by atoms with E-state index in [2.05, 4.69) is 55.3 Å². The first kappa shape index (κ1) is 13.9. The molecular weight excluding hydrogens is 234 g/mol. The summed E-state index contributed by atoms with van der Waals surface area (Å²) in [5.74, 6) is 1.07. The first-order chi connectivity index (χ1) is 8.96. The Hall–Kier alpha value is -1.51. The van der Waals surface area contributed by atoms with E-state index in [-0.39, 0.29) is 5.54 Å². The third-order valence-electron chi connectivity index (χ3n) is 3.48. The highest BCUT2D eigenvalue weighted by molar-refractivity contribution is 5.78. The molecular formula is C16H25N3. The summed E-state index contributed by atoms with van der Waals surface area (Å²) in [6, 6.07) is 8.72. The highest BCUT2D eigenvalue weighted by Gasteiger charge is 2.19. The molecule has 3 N–H and O–H groups in total. The predicted molar refractivity (Wildman–Crippen MR) is 81.5 cm³/mol. The number of hydrogen-bond donors (Lipinski definition) is 2. The van der Waals surface area contributed by atoms with Crippen LogP contribution in [0.25, 0.3) is 0 Å². The second-order valence-electron chi connectivity index (χ2n) is 6.39. The fourth-order valence-corrected chi connectivity index (χ4v) is 2.68. The van der Waals surface area contributed by atoms with Crippen molar-refractivity contribution in [1.82, 2.24) is 5.32 Å². The summed E-state index contributed by atoms with van der Waals surface area (Å²) in [4.78, 5) is 4.52. The highest BCUT2D eigenvalue weighted by Crippen LogP contribution is 2.31. The van der Waals surface area contributed by atoms with E-state index in [1.165, 1.54) is 30.4 Å². The number of benzene rings is 1. The molecule has 0 amide bonds. The minimum Gasteiger partial charge on any atom is -0.370 e. The fourth-order valence-electron chi connectivity index (χ4n) is 2.68. The van der Waals surface area contributed by atoms with Crippen molar-refractivity contribution in [2.45, 2.75) is 51.5 Å². The van der Waals surface area contributed by atoms with Crippen LogP contribution >= 0.6 is 0 Å². The monoisotopic (exact) mass is 259 g/mol. The van der Waals surface area contributed by atoms with Crippen molar-refractivity contribution < 1.29 is 0 Å². The summed E-state index contributed by atoms with van der Waals surface area (Å²) in [5.41, 5.74) is 8.85. The Morgan fingerprint density at radius 1 is 1.37 bits per heavy atom. The number of rotatable bonds is 2. The maximum atomic E-state index is 5.94. The minimum absolute atomic E-state index is 0.0297. The SMILES string of the molecule is CC(C)(C)NC(N)=NCC1CCCc2ccccc21. The molecule has 0 saturated heterocycles. The van der Waals surface area contributed by atoms with Crippen LogP contribution in [0.4, 0.5) is 0 Å².